The number of ether oxygens (including phenoxy) is 1. The fraction of sp³-hybridized carbons (Fsp3) is 0.750. The molecular formula is C8H11NO3. The molecule has 0 radical (unpaired) electrons. The zero-order valence-corrected chi connectivity index (χ0v) is 6.92. The predicted octanol–water partition coefficient (Wildman–Crippen LogP) is -0.172. The summed E-state index contributed by atoms with van der Waals surface area (Å²) in [6, 6.07) is 0. The molecule has 1 amide bonds. The summed E-state index contributed by atoms with van der Waals surface area (Å²) in [5.74, 6) is -1.13. The van der Waals surface area contributed by atoms with Crippen molar-refractivity contribution in [1.29, 1.82) is 0 Å². The van der Waals surface area contributed by atoms with Gasteiger partial charge in [0.25, 0.3) is 0 Å². The molecule has 4 nitrogen and oxygen atoms in total. The van der Waals surface area contributed by atoms with E-state index >= 15 is 0 Å². The van der Waals surface area contributed by atoms with Crippen molar-refractivity contribution in [3.05, 3.63) is 0 Å². The van der Waals surface area contributed by atoms with Gasteiger partial charge in [-0.1, -0.05) is 0 Å². The maximum Gasteiger partial charge on any atom is 0.318 e. The molecule has 0 aromatic heterocycles. The highest BCUT2D eigenvalue weighted by molar-refractivity contribution is 6.00. The van der Waals surface area contributed by atoms with Crippen LogP contribution in [0.5, 0.6) is 0 Å². The van der Waals surface area contributed by atoms with Gasteiger partial charge in [-0.05, 0) is 19.3 Å². The van der Waals surface area contributed by atoms with Crippen molar-refractivity contribution >= 4 is 11.9 Å². The minimum absolute atomic E-state index is 0.0318. The number of nitrogens with one attached hydrogen (secondary N) is 1. The van der Waals surface area contributed by atoms with Crippen LogP contribution in [0.15, 0.2) is 0 Å². The summed E-state index contributed by atoms with van der Waals surface area (Å²) in [4.78, 5) is 22.3. The van der Waals surface area contributed by atoms with E-state index in [4.69, 9.17) is 0 Å². The van der Waals surface area contributed by atoms with Gasteiger partial charge in [-0.15, -0.1) is 0 Å². The van der Waals surface area contributed by atoms with Crippen LogP contribution in [0.25, 0.3) is 0 Å². The van der Waals surface area contributed by atoms with E-state index in [2.05, 4.69) is 10.1 Å². The van der Waals surface area contributed by atoms with E-state index in [0.29, 0.717) is 6.42 Å². The summed E-state index contributed by atoms with van der Waals surface area (Å²) in [5.41, 5.74) is -0.0318. The van der Waals surface area contributed by atoms with E-state index in [1.807, 2.05) is 0 Å². The summed E-state index contributed by atoms with van der Waals surface area (Å²) in [6.07, 6.45) is 2.64. The molecule has 1 spiro atoms. The number of carbonyl (C=O) groups is 2. The monoisotopic (exact) mass is 169 g/mol. The summed E-state index contributed by atoms with van der Waals surface area (Å²) in [7, 11) is 1.31. The minimum Gasteiger partial charge on any atom is -0.468 e. The van der Waals surface area contributed by atoms with Crippen molar-refractivity contribution in [3.8, 4) is 0 Å². The Labute approximate surface area is 70.3 Å². The topological polar surface area (TPSA) is 55.4 Å². The number of rotatable bonds is 1. The van der Waals surface area contributed by atoms with E-state index < -0.39 is 11.9 Å². The fourth-order valence-corrected chi connectivity index (χ4v) is 1.70. The van der Waals surface area contributed by atoms with Crippen molar-refractivity contribution in [2.45, 2.75) is 24.8 Å². The van der Waals surface area contributed by atoms with E-state index in [1.165, 1.54) is 7.11 Å². The predicted molar refractivity (Wildman–Crippen MR) is 40.2 cm³/mol. The number of hydrogen-bond donors (Lipinski definition) is 1. The van der Waals surface area contributed by atoms with Crippen LogP contribution in [-0.2, 0) is 14.3 Å². The van der Waals surface area contributed by atoms with Crippen LogP contribution < -0.4 is 5.32 Å². The van der Waals surface area contributed by atoms with E-state index in [1.54, 1.807) is 0 Å². The first-order valence-electron chi connectivity index (χ1n) is 4.07. The lowest BCUT2D eigenvalue weighted by Crippen LogP contribution is -2.29. The SMILES string of the molecule is COC(=O)C1CC2(CC2)NC1=O. The Bertz CT molecular complexity index is 245. The van der Waals surface area contributed by atoms with Crippen molar-refractivity contribution in [1.82, 2.24) is 5.32 Å². The third-order valence-electron chi connectivity index (χ3n) is 2.64. The summed E-state index contributed by atoms with van der Waals surface area (Å²) >= 11 is 0. The average Bonchev–Trinajstić information content (AvgIpc) is 2.70. The molecule has 1 saturated heterocycles. The van der Waals surface area contributed by atoms with Crippen molar-refractivity contribution in [2.24, 2.45) is 5.92 Å². The lowest BCUT2D eigenvalue weighted by atomic mass is 10.0. The Morgan fingerprint density at radius 1 is 1.67 bits per heavy atom. The van der Waals surface area contributed by atoms with Crippen molar-refractivity contribution in [3.63, 3.8) is 0 Å². The molecule has 1 aliphatic carbocycles. The van der Waals surface area contributed by atoms with E-state index in [9.17, 15) is 9.59 Å². The number of esters is 1. The number of carbonyl (C=O) groups excluding carboxylic acids is 2. The van der Waals surface area contributed by atoms with Crippen LogP contribution in [0, 0.1) is 5.92 Å². The molecule has 1 saturated carbocycles. The molecule has 1 heterocycles. The Morgan fingerprint density at radius 2 is 2.33 bits per heavy atom. The zero-order chi connectivity index (χ0) is 8.77. The highest BCUT2D eigenvalue weighted by Crippen LogP contribution is 2.45. The van der Waals surface area contributed by atoms with Gasteiger partial charge >= 0.3 is 5.97 Å². The molecule has 0 aromatic carbocycles. The molecule has 2 aliphatic rings. The molecule has 1 aliphatic heterocycles. The van der Waals surface area contributed by atoms with Gasteiger partial charge in [0.05, 0.1) is 7.11 Å². The van der Waals surface area contributed by atoms with Gasteiger partial charge in [0, 0.05) is 5.54 Å². The number of amides is 1. The van der Waals surface area contributed by atoms with Crippen LogP contribution in [0.1, 0.15) is 19.3 Å². The smallest absolute Gasteiger partial charge is 0.318 e. The third kappa shape index (κ3) is 0.983. The third-order valence-corrected chi connectivity index (χ3v) is 2.64. The maximum atomic E-state index is 11.2. The zero-order valence-electron chi connectivity index (χ0n) is 6.92. The van der Waals surface area contributed by atoms with E-state index in [-0.39, 0.29) is 11.4 Å². The second-order valence-corrected chi connectivity index (χ2v) is 3.55. The highest BCUT2D eigenvalue weighted by atomic mass is 16.5. The van der Waals surface area contributed by atoms with Crippen molar-refractivity contribution < 1.29 is 14.3 Å². The van der Waals surface area contributed by atoms with Crippen LogP contribution in [0.4, 0.5) is 0 Å². The quantitative estimate of drug-likeness (QED) is 0.438. The highest BCUT2D eigenvalue weighted by Gasteiger charge is 2.54. The largest absolute Gasteiger partial charge is 0.468 e. The molecule has 66 valence electrons. The number of hydrogen-bond acceptors (Lipinski definition) is 3. The molecule has 2 rings (SSSR count). The van der Waals surface area contributed by atoms with Gasteiger partial charge in [-0.2, -0.15) is 0 Å². The number of methoxy groups -OCH3 is 1. The van der Waals surface area contributed by atoms with Gasteiger partial charge in [-0.3, -0.25) is 9.59 Å². The standard InChI is InChI=1S/C8H11NO3/c1-12-7(11)5-4-8(2-3-8)9-6(5)10/h5H,2-4H2,1H3,(H,9,10). The summed E-state index contributed by atoms with van der Waals surface area (Å²) in [6.45, 7) is 0. The Hall–Kier alpha value is -1.06. The summed E-state index contributed by atoms with van der Waals surface area (Å²) in [5, 5.41) is 2.83. The molecule has 12 heavy (non-hydrogen) atoms. The van der Waals surface area contributed by atoms with Gasteiger partial charge in [0.15, 0.2) is 0 Å². The Morgan fingerprint density at radius 3 is 2.75 bits per heavy atom. The van der Waals surface area contributed by atoms with E-state index in [0.717, 1.165) is 12.8 Å². The lowest BCUT2D eigenvalue weighted by Gasteiger charge is -2.03. The van der Waals surface area contributed by atoms with Gasteiger partial charge in [-0.25, -0.2) is 0 Å². The first-order chi connectivity index (χ1) is 5.67. The molecule has 0 bridgehead atoms. The minimum atomic E-state index is -0.558. The Kier molecular flexibility index (Phi) is 1.40. The average molecular weight is 169 g/mol. The van der Waals surface area contributed by atoms with Crippen molar-refractivity contribution in [2.75, 3.05) is 7.11 Å². The second-order valence-electron chi connectivity index (χ2n) is 3.55. The maximum absolute atomic E-state index is 11.2. The first kappa shape index (κ1) is 7.58. The van der Waals surface area contributed by atoms with Gasteiger partial charge in [0.1, 0.15) is 5.92 Å². The molecule has 0 aromatic rings. The molecule has 4 heteroatoms. The molecule has 1 N–H and O–H groups in total. The summed E-state index contributed by atoms with van der Waals surface area (Å²) < 4.78 is 4.53. The lowest BCUT2D eigenvalue weighted by molar-refractivity contribution is -0.148. The van der Waals surface area contributed by atoms with Crippen LogP contribution in [0.2, 0.25) is 0 Å². The first-order valence-corrected chi connectivity index (χ1v) is 4.07. The molecule has 1 unspecified atom stereocenters. The molecular weight excluding hydrogens is 158 g/mol. The molecule has 2 fully saturated rings. The van der Waals surface area contributed by atoms with Crippen LogP contribution >= 0.6 is 0 Å². The molecule has 1 atom stereocenters. The normalized spacial score (nSPS) is 30.1. The van der Waals surface area contributed by atoms with Gasteiger partial charge < -0.3 is 10.1 Å². The van der Waals surface area contributed by atoms with Crippen LogP contribution in [-0.4, -0.2) is 24.5 Å². The van der Waals surface area contributed by atoms with Crippen LogP contribution in [0.3, 0.4) is 0 Å². The fourth-order valence-electron chi connectivity index (χ4n) is 1.70. The Balaban J connectivity index is 2.08. The van der Waals surface area contributed by atoms with Gasteiger partial charge in [0.2, 0.25) is 5.91 Å². The second kappa shape index (κ2) is 2.21.